The Hall–Kier alpha value is -0.500. The van der Waals surface area contributed by atoms with Crippen LogP contribution in [0.1, 0.15) is 40.5 Å². The molecule has 1 saturated carbocycles. The summed E-state index contributed by atoms with van der Waals surface area (Å²) in [6.07, 6.45) is 5.02. The Kier molecular flexibility index (Phi) is 7.58. The number of hydrogen-bond acceptors (Lipinski definition) is 2. The number of hydrogen-bond donors (Lipinski definition) is 1. The van der Waals surface area contributed by atoms with Gasteiger partial charge in [-0.25, -0.2) is 0 Å². The molecule has 0 aromatic rings. The molecule has 14 heavy (non-hydrogen) atoms. The van der Waals surface area contributed by atoms with Gasteiger partial charge >= 0.3 is 0 Å². The van der Waals surface area contributed by atoms with Crippen LogP contribution in [0.15, 0.2) is 11.8 Å². The van der Waals surface area contributed by atoms with Crippen LogP contribution >= 0.6 is 0 Å². The number of allylic oxidation sites excluding steroid dienone is 1. The lowest BCUT2D eigenvalue weighted by Crippen LogP contribution is -2.07. The van der Waals surface area contributed by atoms with E-state index in [1.165, 1.54) is 12.8 Å². The Bertz CT molecular complexity index is 160. The monoisotopic (exact) mass is 199 g/mol. The maximum absolute atomic E-state index is 5.41. The molecule has 0 heterocycles. The van der Waals surface area contributed by atoms with Crippen LogP contribution in [0, 0.1) is 11.8 Å². The molecular weight excluding hydrogens is 174 g/mol. The van der Waals surface area contributed by atoms with Gasteiger partial charge in [-0.15, -0.1) is 0 Å². The van der Waals surface area contributed by atoms with Gasteiger partial charge in [-0.1, -0.05) is 33.6 Å². The normalized spacial score (nSPS) is 16.3. The Morgan fingerprint density at radius 3 is 2.21 bits per heavy atom. The first kappa shape index (κ1) is 13.5. The molecule has 0 spiro atoms. The molecule has 0 aliphatic heterocycles. The lowest BCUT2D eigenvalue weighted by atomic mass is 10.2. The standard InChI is InChI=1S/C8H17NO.C4H8/c1-4-10-8(6-9)5-7(2)3;1-4-2-3-4/h5,7H,4,6,9H2,1-3H3;4H,2-3H2,1H3/b8-5-;. The van der Waals surface area contributed by atoms with E-state index < -0.39 is 0 Å². The molecule has 0 radical (unpaired) electrons. The van der Waals surface area contributed by atoms with Crippen LogP contribution in [0.3, 0.4) is 0 Å². The van der Waals surface area contributed by atoms with Gasteiger partial charge in [-0.2, -0.15) is 0 Å². The fourth-order valence-corrected chi connectivity index (χ4v) is 0.899. The lowest BCUT2D eigenvalue weighted by molar-refractivity contribution is 0.223. The van der Waals surface area contributed by atoms with E-state index in [2.05, 4.69) is 20.8 Å². The second-order valence-electron chi connectivity index (χ2n) is 4.20. The molecule has 0 amide bonds. The van der Waals surface area contributed by atoms with Crippen LogP contribution in [0.25, 0.3) is 0 Å². The highest BCUT2D eigenvalue weighted by Crippen LogP contribution is 2.26. The van der Waals surface area contributed by atoms with Crippen LogP contribution < -0.4 is 5.73 Å². The average Bonchev–Trinajstić information content (AvgIpc) is 2.87. The summed E-state index contributed by atoms with van der Waals surface area (Å²) < 4.78 is 5.24. The van der Waals surface area contributed by atoms with Crippen molar-refractivity contribution >= 4 is 0 Å². The second-order valence-corrected chi connectivity index (χ2v) is 4.20. The summed E-state index contributed by atoms with van der Waals surface area (Å²) in [6.45, 7) is 9.66. The summed E-state index contributed by atoms with van der Waals surface area (Å²) in [5.41, 5.74) is 5.41. The van der Waals surface area contributed by atoms with Crippen molar-refractivity contribution in [2.45, 2.75) is 40.5 Å². The van der Waals surface area contributed by atoms with E-state index in [9.17, 15) is 0 Å². The molecule has 0 atom stereocenters. The van der Waals surface area contributed by atoms with Gasteiger partial charge in [0.05, 0.1) is 13.2 Å². The highest BCUT2D eigenvalue weighted by atomic mass is 16.5. The zero-order valence-corrected chi connectivity index (χ0v) is 10.0. The van der Waals surface area contributed by atoms with E-state index in [1.807, 2.05) is 13.0 Å². The highest BCUT2D eigenvalue weighted by molar-refractivity contribution is 4.95. The molecule has 84 valence electrons. The van der Waals surface area contributed by atoms with Gasteiger partial charge in [0.25, 0.3) is 0 Å². The van der Waals surface area contributed by atoms with E-state index in [1.54, 1.807) is 0 Å². The first-order chi connectivity index (χ1) is 6.60. The quantitative estimate of drug-likeness (QED) is 0.706. The first-order valence-electron chi connectivity index (χ1n) is 5.63. The SMILES string of the molecule is CC1CC1.CCO/C(=C\C(C)C)CN. The van der Waals surface area contributed by atoms with Crippen LogP contribution in [0.5, 0.6) is 0 Å². The maximum atomic E-state index is 5.41. The van der Waals surface area contributed by atoms with E-state index >= 15 is 0 Å². The molecule has 1 aliphatic rings. The summed E-state index contributed by atoms with van der Waals surface area (Å²) in [6, 6.07) is 0. The summed E-state index contributed by atoms with van der Waals surface area (Å²) >= 11 is 0. The largest absolute Gasteiger partial charge is 0.497 e. The molecule has 0 bridgehead atoms. The third kappa shape index (κ3) is 9.59. The van der Waals surface area contributed by atoms with Crippen LogP contribution in [-0.4, -0.2) is 13.2 Å². The third-order valence-corrected chi connectivity index (χ3v) is 1.92. The Balaban J connectivity index is 0.000000344. The minimum Gasteiger partial charge on any atom is -0.497 e. The number of nitrogens with two attached hydrogens (primary N) is 1. The Morgan fingerprint density at radius 2 is 2.00 bits per heavy atom. The van der Waals surface area contributed by atoms with Crippen molar-refractivity contribution in [3.8, 4) is 0 Å². The molecule has 2 heteroatoms. The maximum Gasteiger partial charge on any atom is 0.106 e. The first-order valence-corrected chi connectivity index (χ1v) is 5.63. The molecule has 2 N–H and O–H groups in total. The van der Waals surface area contributed by atoms with E-state index in [0.717, 1.165) is 11.7 Å². The van der Waals surface area contributed by atoms with Gasteiger partial charge in [-0.05, 0) is 24.8 Å². The zero-order chi connectivity index (χ0) is 11.0. The molecule has 2 nitrogen and oxygen atoms in total. The summed E-state index contributed by atoms with van der Waals surface area (Å²) in [4.78, 5) is 0. The van der Waals surface area contributed by atoms with Gasteiger partial charge in [0.1, 0.15) is 5.76 Å². The van der Waals surface area contributed by atoms with E-state index in [-0.39, 0.29) is 0 Å². The average molecular weight is 199 g/mol. The fourth-order valence-electron chi connectivity index (χ4n) is 0.899. The molecule has 0 aromatic carbocycles. The smallest absolute Gasteiger partial charge is 0.106 e. The minimum atomic E-state index is 0.506. The van der Waals surface area contributed by atoms with Crippen molar-refractivity contribution in [2.24, 2.45) is 17.6 Å². The van der Waals surface area contributed by atoms with Crippen molar-refractivity contribution in [3.63, 3.8) is 0 Å². The lowest BCUT2D eigenvalue weighted by Gasteiger charge is -2.06. The van der Waals surface area contributed by atoms with Crippen LogP contribution in [0.4, 0.5) is 0 Å². The van der Waals surface area contributed by atoms with E-state index in [4.69, 9.17) is 10.5 Å². The molecule has 0 aromatic heterocycles. The summed E-state index contributed by atoms with van der Waals surface area (Å²) in [5, 5.41) is 0. The van der Waals surface area contributed by atoms with Crippen LogP contribution in [-0.2, 0) is 4.74 Å². The highest BCUT2D eigenvalue weighted by Gasteiger charge is 2.12. The molecule has 1 rings (SSSR count). The Labute approximate surface area is 88.5 Å². The van der Waals surface area contributed by atoms with Gasteiger partial charge < -0.3 is 10.5 Å². The molecule has 1 fully saturated rings. The predicted molar refractivity (Wildman–Crippen MR) is 62.0 cm³/mol. The fraction of sp³-hybridized carbons (Fsp3) is 0.833. The topological polar surface area (TPSA) is 35.2 Å². The molecular formula is C12H25NO. The van der Waals surface area contributed by atoms with Gasteiger partial charge in [0.2, 0.25) is 0 Å². The second kappa shape index (κ2) is 7.86. The van der Waals surface area contributed by atoms with Crippen molar-refractivity contribution in [2.75, 3.05) is 13.2 Å². The van der Waals surface area contributed by atoms with Crippen molar-refractivity contribution < 1.29 is 4.74 Å². The minimum absolute atomic E-state index is 0.506. The summed E-state index contributed by atoms with van der Waals surface area (Å²) in [5.74, 6) is 2.50. The number of rotatable bonds is 4. The van der Waals surface area contributed by atoms with Gasteiger partial charge in [-0.3, -0.25) is 0 Å². The zero-order valence-electron chi connectivity index (χ0n) is 10.0. The molecule has 0 unspecified atom stereocenters. The molecule has 1 aliphatic carbocycles. The van der Waals surface area contributed by atoms with Gasteiger partial charge in [0.15, 0.2) is 0 Å². The van der Waals surface area contributed by atoms with Crippen molar-refractivity contribution in [3.05, 3.63) is 11.8 Å². The van der Waals surface area contributed by atoms with E-state index in [0.29, 0.717) is 19.1 Å². The third-order valence-electron chi connectivity index (χ3n) is 1.92. The van der Waals surface area contributed by atoms with Crippen molar-refractivity contribution in [1.82, 2.24) is 0 Å². The number of ether oxygens (including phenoxy) is 1. The van der Waals surface area contributed by atoms with Crippen LogP contribution in [0.2, 0.25) is 0 Å². The summed E-state index contributed by atoms with van der Waals surface area (Å²) in [7, 11) is 0. The van der Waals surface area contributed by atoms with Crippen molar-refractivity contribution in [1.29, 1.82) is 0 Å². The predicted octanol–water partition coefficient (Wildman–Crippen LogP) is 2.94. The van der Waals surface area contributed by atoms with Gasteiger partial charge in [0, 0.05) is 0 Å². The molecule has 0 saturated heterocycles. The Morgan fingerprint density at radius 1 is 1.50 bits per heavy atom.